The smallest absolute Gasteiger partial charge is 0.343 e. The molecule has 0 saturated heterocycles. The van der Waals surface area contributed by atoms with Gasteiger partial charge in [-0.1, -0.05) is 44.7 Å². The van der Waals surface area contributed by atoms with Gasteiger partial charge in [-0.15, -0.1) is 0 Å². The van der Waals surface area contributed by atoms with Gasteiger partial charge in [-0.05, 0) is 48.7 Å². The van der Waals surface area contributed by atoms with E-state index in [0.717, 1.165) is 18.9 Å². The third kappa shape index (κ3) is 5.72. The summed E-state index contributed by atoms with van der Waals surface area (Å²) in [6.07, 6.45) is 7.11. The standard InChI is InChI=1S/C21H22FNO2/c1-2-3-4-5-6-7-16-8-11-18(12-9-16)21(24)25-20-13-10-17(15-23)14-19(20)22/h8-14H,2-7H2,1H3. The van der Waals surface area contributed by atoms with E-state index in [1.54, 1.807) is 12.1 Å². The van der Waals surface area contributed by atoms with Crippen LogP contribution in [0.3, 0.4) is 0 Å². The fraction of sp³-hybridized carbons (Fsp3) is 0.333. The summed E-state index contributed by atoms with van der Waals surface area (Å²) in [6.45, 7) is 2.20. The maximum Gasteiger partial charge on any atom is 0.343 e. The summed E-state index contributed by atoms with van der Waals surface area (Å²) in [5, 5.41) is 8.72. The molecule has 0 heterocycles. The van der Waals surface area contributed by atoms with Crippen LogP contribution in [0.2, 0.25) is 0 Å². The Bertz CT molecular complexity index is 747. The third-order valence-electron chi connectivity index (χ3n) is 4.02. The molecule has 0 atom stereocenters. The van der Waals surface area contributed by atoms with Crippen molar-refractivity contribution in [1.82, 2.24) is 0 Å². The van der Waals surface area contributed by atoms with Crippen LogP contribution in [0.5, 0.6) is 5.75 Å². The summed E-state index contributed by atoms with van der Waals surface area (Å²) in [5.41, 5.74) is 1.73. The van der Waals surface area contributed by atoms with Gasteiger partial charge in [0.05, 0.1) is 17.2 Å². The molecule has 0 aliphatic rings. The predicted octanol–water partition coefficient (Wildman–Crippen LogP) is 5.43. The molecule has 0 radical (unpaired) electrons. The average molecular weight is 339 g/mol. The Kier molecular flexibility index (Phi) is 7.16. The van der Waals surface area contributed by atoms with Crippen LogP contribution in [0, 0.1) is 17.1 Å². The van der Waals surface area contributed by atoms with Gasteiger partial charge in [0.1, 0.15) is 0 Å². The number of nitriles is 1. The van der Waals surface area contributed by atoms with E-state index in [1.807, 2.05) is 18.2 Å². The molecule has 25 heavy (non-hydrogen) atoms. The van der Waals surface area contributed by atoms with Crippen LogP contribution in [-0.2, 0) is 6.42 Å². The minimum Gasteiger partial charge on any atom is -0.420 e. The van der Waals surface area contributed by atoms with Gasteiger partial charge in [-0.3, -0.25) is 0 Å². The molecule has 2 aromatic rings. The number of hydrogen-bond acceptors (Lipinski definition) is 3. The van der Waals surface area contributed by atoms with Gasteiger partial charge in [0.2, 0.25) is 0 Å². The summed E-state index contributed by atoms with van der Waals surface area (Å²) in [4.78, 5) is 12.1. The minimum atomic E-state index is -0.726. The summed E-state index contributed by atoms with van der Waals surface area (Å²) >= 11 is 0. The lowest BCUT2D eigenvalue weighted by atomic mass is 10.0. The van der Waals surface area contributed by atoms with Gasteiger partial charge < -0.3 is 4.74 Å². The summed E-state index contributed by atoms with van der Waals surface area (Å²) < 4.78 is 18.8. The number of hydrogen-bond donors (Lipinski definition) is 0. The van der Waals surface area contributed by atoms with Crippen molar-refractivity contribution in [3.05, 3.63) is 65.0 Å². The molecule has 3 nitrogen and oxygen atoms in total. The molecule has 0 spiro atoms. The first kappa shape index (κ1) is 18.7. The number of halogens is 1. The van der Waals surface area contributed by atoms with Gasteiger partial charge in [0, 0.05) is 0 Å². The molecule has 0 aliphatic heterocycles. The lowest BCUT2D eigenvalue weighted by Gasteiger charge is -2.07. The predicted molar refractivity (Wildman–Crippen MR) is 95.0 cm³/mol. The van der Waals surface area contributed by atoms with Crippen molar-refractivity contribution in [2.45, 2.75) is 45.4 Å². The summed E-state index contributed by atoms with van der Waals surface area (Å²) in [6, 6.07) is 12.8. The van der Waals surface area contributed by atoms with Crippen molar-refractivity contribution in [1.29, 1.82) is 5.26 Å². The molecular formula is C21H22FNO2. The number of esters is 1. The van der Waals surface area contributed by atoms with Crippen LogP contribution in [0.25, 0.3) is 0 Å². The van der Waals surface area contributed by atoms with E-state index in [9.17, 15) is 9.18 Å². The highest BCUT2D eigenvalue weighted by Crippen LogP contribution is 2.20. The van der Waals surface area contributed by atoms with E-state index in [-0.39, 0.29) is 11.3 Å². The van der Waals surface area contributed by atoms with Crippen molar-refractivity contribution in [2.24, 2.45) is 0 Å². The molecule has 0 bridgehead atoms. The molecule has 2 aromatic carbocycles. The molecule has 2 rings (SSSR count). The molecular weight excluding hydrogens is 317 g/mol. The zero-order valence-electron chi connectivity index (χ0n) is 14.4. The number of ether oxygens (including phenoxy) is 1. The third-order valence-corrected chi connectivity index (χ3v) is 4.02. The quantitative estimate of drug-likeness (QED) is 0.366. The zero-order valence-corrected chi connectivity index (χ0v) is 14.4. The second-order valence-corrected chi connectivity index (χ2v) is 6.01. The second-order valence-electron chi connectivity index (χ2n) is 6.01. The molecule has 0 aromatic heterocycles. The molecule has 0 N–H and O–H groups in total. The maximum atomic E-state index is 13.8. The van der Waals surface area contributed by atoms with Crippen molar-refractivity contribution in [3.63, 3.8) is 0 Å². The highest BCUT2D eigenvalue weighted by molar-refractivity contribution is 5.91. The van der Waals surface area contributed by atoms with Crippen LogP contribution < -0.4 is 4.74 Å². The normalized spacial score (nSPS) is 10.3. The molecule has 0 fully saturated rings. The average Bonchev–Trinajstić information content (AvgIpc) is 2.63. The maximum absolute atomic E-state index is 13.8. The highest BCUT2D eigenvalue weighted by atomic mass is 19.1. The van der Waals surface area contributed by atoms with E-state index in [0.29, 0.717) is 5.56 Å². The van der Waals surface area contributed by atoms with Gasteiger partial charge in [-0.25, -0.2) is 9.18 Å². The Morgan fingerprint density at radius 2 is 1.80 bits per heavy atom. The number of carbonyl (C=O) groups is 1. The SMILES string of the molecule is CCCCCCCc1ccc(C(=O)Oc2ccc(C#N)cc2F)cc1. The van der Waals surface area contributed by atoms with Crippen molar-refractivity contribution in [3.8, 4) is 11.8 Å². The van der Waals surface area contributed by atoms with E-state index >= 15 is 0 Å². The highest BCUT2D eigenvalue weighted by Gasteiger charge is 2.12. The molecule has 0 amide bonds. The first-order valence-corrected chi connectivity index (χ1v) is 8.65. The van der Waals surface area contributed by atoms with Crippen LogP contribution in [0.4, 0.5) is 4.39 Å². The Hall–Kier alpha value is -2.67. The lowest BCUT2D eigenvalue weighted by molar-refractivity contribution is 0.0728. The number of nitrogens with zero attached hydrogens (tertiary/aromatic N) is 1. The van der Waals surface area contributed by atoms with Crippen molar-refractivity contribution in [2.75, 3.05) is 0 Å². The summed E-state index contributed by atoms with van der Waals surface area (Å²) in [7, 11) is 0. The fourth-order valence-electron chi connectivity index (χ4n) is 2.55. The first-order chi connectivity index (χ1) is 12.1. The second kappa shape index (κ2) is 9.58. The number of unbranched alkanes of at least 4 members (excludes halogenated alkanes) is 4. The van der Waals surface area contributed by atoms with Gasteiger partial charge in [0.25, 0.3) is 0 Å². The minimum absolute atomic E-state index is 0.177. The van der Waals surface area contributed by atoms with Gasteiger partial charge in [0.15, 0.2) is 11.6 Å². The molecule has 0 unspecified atom stereocenters. The summed E-state index contributed by atoms with van der Waals surface area (Å²) in [5.74, 6) is -1.52. The topological polar surface area (TPSA) is 50.1 Å². The number of aryl methyl sites for hydroxylation is 1. The van der Waals surface area contributed by atoms with Crippen LogP contribution in [-0.4, -0.2) is 5.97 Å². The van der Waals surface area contributed by atoms with Crippen LogP contribution in [0.15, 0.2) is 42.5 Å². The Balaban J connectivity index is 1.91. The van der Waals surface area contributed by atoms with Gasteiger partial charge in [-0.2, -0.15) is 5.26 Å². The van der Waals surface area contributed by atoms with E-state index in [4.69, 9.17) is 10.00 Å². The number of carbonyl (C=O) groups excluding carboxylic acids is 1. The zero-order chi connectivity index (χ0) is 18.1. The van der Waals surface area contributed by atoms with Crippen molar-refractivity contribution >= 4 is 5.97 Å². The molecule has 0 aliphatic carbocycles. The van der Waals surface area contributed by atoms with E-state index in [2.05, 4.69) is 6.92 Å². The van der Waals surface area contributed by atoms with Gasteiger partial charge >= 0.3 is 5.97 Å². The Labute approximate surface area is 148 Å². The Morgan fingerprint density at radius 1 is 1.08 bits per heavy atom. The van der Waals surface area contributed by atoms with E-state index < -0.39 is 11.8 Å². The van der Waals surface area contributed by atoms with E-state index in [1.165, 1.54) is 43.4 Å². The molecule has 130 valence electrons. The molecule has 0 saturated carbocycles. The number of rotatable bonds is 8. The van der Waals surface area contributed by atoms with Crippen LogP contribution in [0.1, 0.15) is 60.5 Å². The molecule has 4 heteroatoms. The fourth-order valence-corrected chi connectivity index (χ4v) is 2.55. The van der Waals surface area contributed by atoms with Crippen LogP contribution >= 0.6 is 0 Å². The van der Waals surface area contributed by atoms with Crippen molar-refractivity contribution < 1.29 is 13.9 Å². The monoisotopic (exact) mass is 339 g/mol. The lowest BCUT2D eigenvalue weighted by Crippen LogP contribution is -2.09. The first-order valence-electron chi connectivity index (χ1n) is 8.65. The number of benzene rings is 2. The largest absolute Gasteiger partial charge is 0.420 e. The Morgan fingerprint density at radius 3 is 2.44 bits per heavy atom.